The maximum absolute atomic E-state index is 5.89. The zero-order valence-corrected chi connectivity index (χ0v) is 9.61. The standard InChI is InChI=1S/C12H22N2O/c1-9(10-6-7-11(13)8-10)14-15-12-4-2-3-5-12/h10-12H,2-8,13H2,1H3/b14-9+/t10-,11+/m0/s1. The zero-order valence-electron chi connectivity index (χ0n) is 9.61. The highest BCUT2D eigenvalue weighted by Crippen LogP contribution is 2.26. The van der Waals surface area contributed by atoms with Crippen LogP contribution in [0.4, 0.5) is 0 Å². The molecule has 2 saturated carbocycles. The Morgan fingerprint density at radius 2 is 1.93 bits per heavy atom. The van der Waals surface area contributed by atoms with E-state index in [2.05, 4.69) is 12.1 Å². The first-order valence-electron chi connectivity index (χ1n) is 6.21. The fourth-order valence-corrected chi connectivity index (χ4v) is 2.62. The van der Waals surface area contributed by atoms with Gasteiger partial charge in [0.2, 0.25) is 0 Å². The molecule has 0 aromatic carbocycles. The summed E-state index contributed by atoms with van der Waals surface area (Å²) in [7, 11) is 0. The minimum absolute atomic E-state index is 0.381. The highest BCUT2D eigenvalue weighted by atomic mass is 16.6. The van der Waals surface area contributed by atoms with Crippen LogP contribution >= 0.6 is 0 Å². The Labute approximate surface area is 92.0 Å². The van der Waals surface area contributed by atoms with E-state index in [-0.39, 0.29) is 0 Å². The van der Waals surface area contributed by atoms with Gasteiger partial charge in [0.1, 0.15) is 6.10 Å². The van der Waals surface area contributed by atoms with Crippen LogP contribution in [0.5, 0.6) is 0 Å². The second kappa shape index (κ2) is 4.97. The van der Waals surface area contributed by atoms with Gasteiger partial charge >= 0.3 is 0 Å². The maximum atomic E-state index is 5.89. The molecule has 0 radical (unpaired) electrons. The Bertz CT molecular complexity index is 234. The van der Waals surface area contributed by atoms with Crippen LogP contribution in [0.15, 0.2) is 5.16 Å². The zero-order chi connectivity index (χ0) is 10.7. The lowest BCUT2D eigenvalue weighted by atomic mass is 10.0. The van der Waals surface area contributed by atoms with E-state index in [1.807, 2.05) is 0 Å². The molecule has 0 heterocycles. The molecule has 2 aliphatic rings. The van der Waals surface area contributed by atoms with Gasteiger partial charge in [-0.05, 0) is 51.9 Å². The van der Waals surface area contributed by atoms with Gasteiger partial charge in [-0.15, -0.1) is 0 Å². The number of nitrogens with two attached hydrogens (primary N) is 1. The van der Waals surface area contributed by atoms with Crippen molar-refractivity contribution in [3.05, 3.63) is 0 Å². The van der Waals surface area contributed by atoms with E-state index in [0.717, 1.165) is 18.6 Å². The van der Waals surface area contributed by atoms with Crippen molar-refractivity contribution in [3.63, 3.8) is 0 Å². The molecular weight excluding hydrogens is 188 g/mol. The van der Waals surface area contributed by atoms with Gasteiger partial charge < -0.3 is 10.6 Å². The molecule has 15 heavy (non-hydrogen) atoms. The summed E-state index contributed by atoms with van der Waals surface area (Å²) in [5, 5.41) is 4.28. The molecule has 2 aliphatic carbocycles. The van der Waals surface area contributed by atoms with E-state index < -0.39 is 0 Å². The fraction of sp³-hybridized carbons (Fsp3) is 0.917. The summed E-state index contributed by atoms with van der Waals surface area (Å²) in [6, 6.07) is 0.381. The van der Waals surface area contributed by atoms with E-state index in [0.29, 0.717) is 18.1 Å². The largest absolute Gasteiger partial charge is 0.393 e. The first-order valence-corrected chi connectivity index (χ1v) is 6.21. The van der Waals surface area contributed by atoms with Gasteiger partial charge in [0, 0.05) is 12.0 Å². The smallest absolute Gasteiger partial charge is 0.127 e. The molecule has 0 aromatic rings. The molecule has 2 atom stereocenters. The molecule has 2 N–H and O–H groups in total. The van der Waals surface area contributed by atoms with Gasteiger partial charge in [-0.25, -0.2) is 0 Å². The molecule has 0 unspecified atom stereocenters. The lowest BCUT2D eigenvalue weighted by Crippen LogP contribution is -2.17. The van der Waals surface area contributed by atoms with Crippen LogP contribution < -0.4 is 5.73 Å². The number of hydrogen-bond acceptors (Lipinski definition) is 3. The van der Waals surface area contributed by atoms with Crippen LogP contribution in [-0.2, 0) is 4.84 Å². The summed E-state index contributed by atoms with van der Waals surface area (Å²) in [5.41, 5.74) is 7.03. The summed E-state index contributed by atoms with van der Waals surface area (Å²) >= 11 is 0. The number of hydrogen-bond donors (Lipinski definition) is 1. The molecule has 0 spiro atoms. The van der Waals surface area contributed by atoms with Crippen molar-refractivity contribution in [1.82, 2.24) is 0 Å². The van der Waals surface area contributed by atoms with Gasteiger partial charge in [0.25, 0.3) is 0 Å². The molecule has 3 heteroatoms. The Hall–Kier alpha value is -0.570. The molecule has 86 valence electrons. The summed E-state index contributed by atoms with van der Waals surface area (Å²) in [5.74, 6) is 0.571. The van der Waals surface area contributed by atoms with Gasteiger partial charge in [-0.2, -0.15) is 0 Å². The number of rotatable bonds is 3. The number of oxime groups is 1. The van der Waals surface area contributed by atoms with E-state index in [1.165, 1.54) is 32.1 Å². The summed E-state index contributed by atoms with van der Waals surface area (Å²) < 4.78 is 0. The van der Waals surface area contributed by atoms with E-state index >= 15 is 0 Å². The highest BCUT2D eigenvalue weighted by molar-refractivity contribution is 5.84. The van der Waals surface area contributed by atoms with Crippen molar-refractivity contribution >= 4 is 5.71 Å². The van der Waals surface area contributed by atoms with Gasteiger partial charge in [0.05, 0.1) is 5.71 Å². The predicted molar refractivity (Wildman–Crippen MR) is 61.8 cm³/mol. The molecular formula is C12H22N2O. The van der Waals surface area contributed by atoms with E-state index in [9.17, 15) is 0 Å². The van der Waals surface area contributed by atoms with Gasteiger partial charge in [0.15, 0.2) is 0 Å². The monoisotopic (exact) mass is 210 g/mol. The van der Waals surface area contributed by atoms with Crippen LogP contribution in [0, 0.1) is 5.92 Å². The Balaban J connectivity index is 1.78. The predicted octanol–water partition coefficient (Wildman–Crippen LogP) is 2.45. The van der Waals surface area contributed by atoms with E-state index in [1.54, 1.807) is 0 Å². The van der Waals surface area contributed by atoms with Crippen molar-refractivity contribution in [1.29, 1.82) is 0 Å². The van der Waals surface area contributed by atoms with Crippen molar-refractivity contribution in [2.45, 2.75) is 64.0 Å². The topological polar surface area (TPSA) is 47.6 Å². The third kappa shape index (κ3) is 2.94. The SMILES string of the molecule is C/C(=N\OC1CCCC1)[C@H]1CC[C@@H](N)C1. The number of nitrogens with zero attached hydrogens (tertiary/aromatic N) is 1. The molecule has 0 amide bonds. The van der Waals surface area contributed by atoms with Crippen molar-refractivity contribution < 1.29 is 4.84 Å². The second-order valence-corrected chi connectivity index (χ2v) is 5.01. The minimum Gasteiger partial charge on any atom is -0.393 e. The second-order valence-electron chi connectivity index (χ2n) is 5.01. The molecule has 0 aromatic heterocycles. The molecule has 2 rings (SSSR count). The van der Waals surface area contributed by atoms with E-state index in [4.69, 9.17) is 10.6 Å². The summed E-state index contributed by atoms with van der Waals surface area (Å²) in [4.78, 5) is 5.56. The average molecular weight is 210 g/mol. The average Bonchev–Trinajstić information content (AvgIpc) is 2.84. The third-order valence-corrected chi connectivity index (χ3v) is 3.71. The maximum Gasteiger partial charge on any atom is 0.127 e. The fourth-order valence-electron chi connectivity index (χ4n) is 2.62. The van der Waals surface area contributed by atoms with Crippen molar-refractivity contribution in [2.24, 2.45) is 16.8 Å². The Morgan fingerprint density at radius 3 is 2.53 bits per heavy atom. The molecule has 0 aliphatic heterocycles. The summed E-state index contributed by atoms with van der Waals surface area (Å²) in [6.45, 7) is 2.08. The Morgan fingerprint density at radius 1 is 1.20 bits per heavy atom. The quantitative estimate of drug-likeness (QED) is 0.574. The lowest BCUT2D eigenvalue weighted by Gasteiger charge is -2.11. The van der Waals surface area contributed by atoms with Crippen LogP contribution in [0.3, 0.4) is 0 Å². The highest BCUT2D eigenvalue weighted by Gasteiger charge is 2.24. The Kier molecular flexibility index (Phi) is 3.62. The summed E-state index contributed by atoms with van der Waals surface area (Å²) in [6.07, 6.45) is 8.76. The molecule has 3 nitrogen and oxygen atoms in total. The van der Waals surface area contributed by atoms with Gasteiger partial charge in [-0.1, -0.05) is 5.16 Å². The van der Waals surface area contributed by atoms with Crippen LogP contribution in [0.25, 0.3) is 0 Å². The third-order valence-electron chi connectivity index (χ3n) is 3.71. The normalized spacial score (nSPS) is 33.6. The molecule has 2 fully saturated rings. The molecule has 0 saturated heterocycles. The first kappa shape index (κ1) is 10.9. The lowest BCUT2D eigenvalue weighted by molar-refractivity contribution is 0.0631. The van der Waals surface area contributed by atoms with Crippen LogP contribution in [0.2, 0.25) is 0 Å². The van der Waals surface area contributed by atoms with Crippen LogP contribution in [-0.4, -0.2) is 17.9 Å². The first-order chi connectivity index (χ1) is 7.25. The minimum atomic E-state index is 0.381. The molecule has 0 bridgehead atoms. The van der Waals surface area contributed by atoms with Gasteiger partial charge in [-0.3, -0.25) is 0 Å². The van der Waals surface area contributed by atoms with Crippen LogP contribution in [0.1, 0.15) is 51.9 Å². The van der Waals surface area contributed by atoms with Crippen molar-refractivity contribution in [2.75, 3.05) is 0 Å². The van der Waals surface area contributed by atoms with Crippen molar-refractivity contribution in [3.8, 4) is 0 Å².